The first-order valence-corrected chi connectivity index (χ1v) is 16.0. The van der Waals surface area contributed by atoms with Gasteiger partial charge in [-0.15, -0.1) is 0 Å². The average molecular weight is 745 g/mol. The fraction of sp³-hybridized carbons (Fsp3) is 0.312. The molecule has 52 heavy (non-hydrogen) atoms. The van der Waals surface area contributed by atoms with Gasteiger partial charge in [-0.2, -0.15) is 33.2 Å². The van der Waals surface area contributed by atoms with Crippen LogP contribution in [0.15, 0.2) is 67.0 Å². The predicted molar refractivity (Wildman–Crippen MR) is 179 cm³/mol. The molecular formula is C32H32ClF3N10O6. The Hall–Kier alpha value is -5.98. The fourth-order valence-electron chi connectivity index (χ4n) is 4.76. The summed E-state index contributed by atoms with van der Waals surface area (Å²) < 4.78 is 49.9. The van der Waals surface area contributed by atoms with Crippen molar-refractivity contribution < 1.29 is 41.8 Å². The zero-order chi connectivity index (χ0) is 37.3. The van der Waals surface area contributed by atoms with E-state index in [1.54, 1.807) is 35.3 Å². The number of esters is 1. The second-order valence-electron chi connectivity index (χ2n) is 11.4. The van der Waals surface area contributed by atoms with Crippen LogP contribution in [0.2, 0.25) is 5.02 Å². The molecule has 274 valence electrons. The van der Waals surface area contributed by atoms with Gasteiger partial charge in [-0.05, 0) is 60.9 Å². The summed E-state index contributed by atoms with van der Waals surface area (Å²) in [6.45, 7) is -1.62. The maximum atomic E-state index is 13.0. The van der Waals surface area contributed by atoms with E-state index in [0.29, 0.717) is 30.1 Å². The Labute approximate surface area is 298 Å². The van der Waals surface area contributed by atoms with E-state index in [-0.39, 0.29) is 24.0 Å². The third-order valence-electron chi connectivity index (χ3n) is 7.53. The first kappa shape index (κ1) is 37.3. The molecule has 0 bridgehead atoms. The molecule has 1 fully saturated rings. The van der Waals surface area contributed by atoms with Crippen molar-refractivity contribution >= 4 is 52.9 Å². The van der Waals surface area contributed by atoms with Gasteiger partial charge in [0.1, 0.15) is 6.04 Å². The van der Waals surface area contributed by atoms with Crippen molar-refractivity contribution in [3.05, 3.63) is 83.1 Å². The van der Waals surface area contributed by atoms with Crippen LogP contribution in [0, 0.1) is 0 Å². The molecule has 4 aromatic rings. The van der Waals surface area contributed by atoms with Crippen LogP contribution in [-0.2, 0) is 31.2 Å². The second-order valence-corrected chi connectivity index (χ2v) is 11.8. The molecule has 1 saturated carbocycles. The molecule has 0 spiro atoms. The van der Waals surface area contributed by atoms with Crippen LogP contribution in [0.3, 0.4) is 0 Å². The summed E-state index contributed by atoms with van der Waals surface area (Å²) in [6.07, 6.45) is 0.0278. The van der Waals surface area contributed by atoms with Crippen LogP contribution in [0.1, 0.15) is 28.8 Å². The third kappa shape index (κ3) is 10.5. The number of halogens is 4. The number of nitrogens with zero attached hydrogens (tertiary/aromatic N) is 5. The standard InChI is InChI=1S/C32H32ClF3N10O6/c1-51-27(50)23(17-38-26(49)25(48)37-14-16-46-15-2-13-39-46)41-24(47)19-3-9-22(10-4-19)40-28-42-29(44-30(43-28)52-18-32(34,35)36)45-31(11-12-31)20-5-7-21(33)8-6-20/h2-10,13,15,23H,11-12,14,16-18H2,1H3,(H,37,48)(H,38,49)(H,41,47)(H2,40,42,43,44,45)/t23-/m0/s1. The molecule has 20 heteroatoms. The minimum Gasteiger partial charge on any atom is -0.467 e. The molecule has 0 aliphatic heterocycles. The van der Waals surface area contributed by atoms with Gasteiger partial charge in [-0.25, -0.2) is 4.79 Å². The Morgan fingerprint density at radius 1 is 0.962 bits per heavy atom. The molecular weight excluding hydrogens is 713 g/mol. The Balaban J connectivity index is 1.21. The molecule has 0 unspecified atom stereocenters. The van der Waals surface area contributed by atoms with Crippen molar-refractivity contribution in [2.45, 2.75) is 37.1 Å². The lowest BCUT2D eigenvalue weighted by molar-refractivity contribution is -0.154. The van der Waals surface area contributed by atoms with Gasteiger partial charge < -0.3 is 36.1 Å². The van der Waals surface area contributed by atoms with Gasteiger partial charge in [-0.3, -0.25) is 19.1 Å². The van der Waals surface area contributed by atoms with Crippen molar-refractivity contribution in [3.8, 4) is 6.01 Å². The lowest BCUT2D eigenvalue weighted by Crippen LogP contribution is -2.51. The summed E-state index contributed by atoms with van der Waals surface area (Å²) in [7, 11) is 1.09. The van der Waals surface area contributed by atoms with E-state index in [1.807, 2.05) is 12.1 Å². The lowest BCUT2D eigenvalue weighted by atomic mass is 10.1. The minimum atomic E-state index is -4.64. The zero-order valence-electron chi connectivity index (χ0n) is 27.4. The van der Waals surface area contributed by atoms with Gasteiger partial charge in [0.2, 0.25) is 11.9 Å². The van der Waals surface area contributed by atoms with E-state index in [0.717, 1.165) is 12.7 Å². The maximum absolute atomic E-state index is 13.0. The summed E-state index contributed by atoms with van der Waals surface area (Å²) in [5.41, 5.74) is 0.758. The van der Waals surface area contributed by atoms with Gasteiger partial charge >= 0.3 is 30.0 Å². The van der Waals surface area contributed by atoms with Crippen LogP contribution in [-0.4, -0.2) is 87.4 Å². The molecule has 1 aliphatic rings. The van der Waals surface area contributed by atoms with Crippen LogP contribution >= 0.6 is 11.6 Å². The topological polar surface area (TPSA) is 203 Å². The maximum Gasteiger partial charge on any atom is 0.422 e. The number of methoxy groups -OCH3 is 1. The van der Waals surface area contributed by atoms with E-state index in [9.17, 15) is 32.3 Å². The van der Waals surface area contributed by atoms with Crippen LogP contribution in [0.25, 0.3) is 0 Å². The Morgan fingerprint density at radius 3 is 2.29 bits per heavy atom. The van der Waals surface area contributed by atoms with Crippen LogP contribution in [0.5, 0.6) is 6.01 Å². The molecule has 16 nitrogen and oxygen atoms in total. The van der Waals surface area contributed by atoms with Crippen molar-refractivity contribution in [1.29, 1.82) is 0 Å². The summed E-state index contributed by atoms with van der Waals surface area (Å²) >= 11 is 6.02. The monoisotopic (exact) mass is 744 g/mol. The number of rotatable bonds is 15. The number of nitrogens with one attached hydrogen (secondary N) is 5. The van der Waals surface area contributed by atoms with E-state index >= 15 is 0 Å². The number of carbonyl (C=O) groups is 4. The minimum absolute atomic E-state index is 0.0363. The first-order chi connectivity index (χ1) is 24.8. The zero-order valence-corrected chi connectivity index (χ0v) is 28.1. The van der Waals surface area contributed by atoms with Gasteiger partial charge in [0, 0.05) is 41.8 Å². The van der Waals surface area contributed by atoms with Crippen molar-refractivity contribution in [3.63, 3.8) is 0 Å². The molecule has 0 radical (unpaired) electrons. The van der Waals surface area contributed by atoms with Gasteiger partial charge in [0.25, 0.3) is 5.91 Å². The van der Waals surface area contributed by atoms with E-state index in [2.05, 4.69) is 46.6 Å². The molecule has 2 aromatic carbocycles. The Morgan fingerprint density at radius 2 is 1.65 bits per heavy atom. The fourth-order valence-corrected chi connectivity index (χ4v) is 4.88. The van der Waals surface area contributed by atoms with Gasteiger partial charge in [-0.1, -0.05) is 23.7 Å². The molecule has 1 atom stereocenters. The largest absolute Gasteiger partial charge is 0.467 e. The Bertz CT molecular complexity index is 1880. The number of benzene rings is 2. The molecule has 5 N–H and O–H groups in total. The highest BCUT2D eigenvalue weighted by Crippen LogP contribution is 2.48. The molecule has 2 heterocycles. The van der Waals surface area contributed by atoms with E-state index in [4.69, 9.17) is 21.1 Å². The number of ether oxygens (including phenoxy) is 2. The first-order valence-electron chi connectivity index (χ1n) is 15.6. The SMILES string of the molecule is COC(=O)[C@H](CNC(=O)C(=O)NCCn1cccn1)NC(=O)c1ccc(Nc2nc(NC3(c4ccc(Cl)cc4)CC3)nc(OCC(F)(F)F)n2)cc1. The lowest BCUT2D eigenvalue weighted by Gasteiger charge is -2.19. The number of amides is 3. The Kier molecular flexibility index (Phi) is 11.7. The number of carbonyl (C=O) groups excluding carboxylic acids is 4. The molecule has 3 amide bonds. The molecule has 0 saturated heterocycles. The van der Waals surface area contributed by atoms with Crippen LogP contribution in [0.4, 0.5) is 30.8 Å². The molecule has 2 aromatic heterocycles. The summed E-state index contributed by atoms with van der Waals surface area (Å²) in [5, 5.41) is 17.7. The summed E-state index contributed by atoms with van der Waals surface area (Å²) in [6, 6.07) is 12.6. The summed E-state index contributed by atoms with van der Waals surface area (Å²) in [4.78, 5) is 62.1. The van der Waals surface area contributed by atoms with Crippen molar-refractivity contribution in [2.24, 2.45) is 0 Å². The predicted octanol–water partition coefficient (Wildman–Crippen LogP) is 2.71. The summed E-state index contributed by atoms with van der Waals surface area (Å²) in [5.74, 6) is -3.75. The number of hydrogen-bond acceptors (Lipinski definition) is 12. The highest BCUT2D eigenvalue weighted by atomic mass is 35.5. The average Bonchev–Trinajstić information content (AvgIpc) is 3.70. The number of alkyl halides is 3. The van der Waals surface area contributed by atoms with Crippen LogP contribution < -0.4 is 31.3 Å². The van der Waals surface area contributed by atoms with Gasteiger partial charge in [0.05, 0.1) is 19.2 Å². The molecule has 1 aliphatic carbocycles. The number of hydrogen-bond donors (Lipinski definition) is 5. The highest BCUT2D eigenvalue weighted by molar-refractivity contribution is 6.35. The molecule has 5 rings (SSSR count). The smallest absolute Gasteiger partial charge is 0.422 e. The number of anilines is 3. The second kappa shape index (κ2) is 16.4. The van der Waals surface area contributed by atoms with Crippen molar-refractivity contribution in [2.75, 3.05) is 37.4 Å². The van der Waals surface area contributed by atoms with Gasteiger partial charge in [0.15, 0.2) is 6.61 Å². The highest BCUT2D eigenvalue weighted by Gasteiger charge is 2.45. The van der Waals surface area contributed by atoms with E-state index < -0.39 is 60.6 Å². The quantitative estimate of drug-likeness (QED) is 0.0881. The van der Waals surface area contributed by atoms with Crippen molar-refractivity contribution in [1.82, 2.24) is 40.7 Å². The third-order valence-corrected chi connectivity index (χ3v) is 7.78. The number of aromatic nitrogens is 5. The van der Waals surface area contributed by atoms with E-state index in [1.165, 1.54) is 24.3 Å². The normalized spacial score (nSPS) is 13.6.